The minimum atomic E-state index is 0.408. The molecular formula is C10H14N2O. The van der Waals surface area contributed by atoms with Crippen LogP contribution in [-0.4, -0.2) is 5.16 Å². The van der Waals surface area contributed by atoms with Crippen molar-refractivity contribution in [2.75, 3.05) is 0 Å². The van der Waals surface area contributed by atoms with Gasteiger partial charge in [-0.15, -0.1) is 0 Å². The van der Waals surface area contributed by atoms with Crippen LogP contribution in [0.1, 0.15) is 25.1 Å². The maximum atomic E-state index is 5.47. The summed E-state index contributed by atoms with van der Waals surface area (Å²) in [7, 11) is 0. The van der Waals surface area contributed by atoms with E-state index < -0.39 is 0 Å². The SMILES string of the molecule is C/C=C\C(C)=C/c1conc1CN. The number of aromatic nitrogens is 1. The lowest BCUT2D eigenvalue weighted by Crippen LogP contribution is -1.97. The molecule has 0 spiro atoms. The number of rotatable bonds is 3. The van der Waals surface area contributed by atoms with E-state index in [4.69, 9.17) is 10.3 Å². The van der Waals surface area contributed by atoms with E-state index in [0.29, 0.717) is 6.54 Å². The Morgan fingerprint density at radius 2 is 2.46 bits per heavy atom. The summed E-state index contributed by atoms with van der Waals surface area (Å²) < 4.78 is 4.82. The van der Waals surface area contributed by atoms with Gasteiger partial charge in [0.25, 0.3) is 0 Å². The summed E-state index contributed by atoms with van der Waals surface area (Å²) in [5.41, 5.74) is 8.38. The molecule has 1 aromatic rings. The number of hydrogen-bond donors (Lipinski definition) is 1. The third-order valence-corrected chi connectivity index (χ3v) is 1.68. The van der Waals surface area contributed by atoms with Gasteiger partial charge in [0.1, 0.15) is 12.0 Å². The van der Waals surface area contributed by atoms with Crippen molar-refractivity contribution in [1.82, 2.24) is 5.16 Å². The third-order valence-electron chi connectivity index (χ3n) is 1.68. The van der Waals surface area contributed by atoms with Crippen LogP contribution < -0.4 is 5.73 Å². The van der Waals surface area contributed by atoms with Crippen molar-refractivity contribution >= 4 is 6.08 Å². The number of hydrogen-bond acceptors (Lipinski definition) is 3. The van der Waals surface area contributed by atoms with Gasteiger partial charge in [-0.3, -0.25) is 0 Å². The Morgan fingerprint density at radius 1 is 1.69 bits per heavy atom. The molecule has 0 saturated heterocycles. The highest BCUT2D eigenvalue weighted by atomic mass is 16.5. The molecule has 0 aromatic carbocycles. The second-order valence-electron chi connectivity index (χ2n) is 2.81. The molecule has 0 amide bonds. The van der Waals surface area contributed by atoms with Gasteiger partial charge in [-0.2, -0.15) is 0 Å². The molecule has 0 aliphatic heterocycles. The average molecular weight is 178 g/mol. The largest absolute Gasteiger partial charge is 0.364 e. The molecule has 0 atom stereocenters. The van der Waals surface area contributed by atoms with Gasteiger partial charge in [0.15, 0.2) is 0 Å². The van der Waals surface area contributed by atoms with Crippen LogP contribution >= 0.6 is 0 Å². The topological polar surface area (TPSA) is 52.0 Å². The highest BCUT2D eigenvalue weighted by Gasteiger charge is 2.01. The molecule has 2 N–H and O–H groups in total. The Morgan fingerprint density at radius 3 is 3.08 bits per heavy atom. The zero-order valence-electron chi connectivity index (χ0n) is 7.95. The fraction of sp³-hybridized carbons (Fsp3) is 0.300. The van der Waals surface area contributed by atoms with Gasteiger partial charge < -0.3 is 10.3 Å². The molecule has 0 fully saturated rings. The minimum absolute atomic E-state index is 0.408. The molecule has 3 heteroatoms. The van der Waals surface area contributed by atoms with Gasteiger partial charge in [0.2, 0.25) is 0 Å². The van der Waals surface area contributed by atoms with Gasteiger partial charge in [0.05, 0.1) is 0 Å². The zero-order valence-corrected chi connectivity index (χ0v) is 7.95. The minimum Gasteiger partial charge on any atom is -0.364 e. The summed E-state index contributed by atoms with van der Waals surface area (Å²) in [6.07, 6.45) is 7.61. The van der Waals surface area contributed by atoms with E-state index in [1.54, 1.807) is 6.26 Å². The maximum absolute atomic E-state index is 5.47. The Kier molecular flexibility index (Phi) is 3.46. The predicted molar refractivity (Wildman–Crippen MR) is 52.9 cm³/mol. The Hall–Kier alpha value is -1.35. The normalized spacial score (nSPS) is 12.7. The quantitative estimate of drug-likeness (QED) is 0.721. The molecule has 13 heavy (non-hydrogen) atoms. The van der Waals surface area contributed by atoms with Gasteiger partial charge in [-0.25, -0.2) is 0 Å². The van der Waals surface area contributed by atoms with E-state index in [-0.39, 0.29) is 0 Å². The lowest BCUT2D eigenvalue weighted by Gasteiger charge is -1.92. The van der Waals surface area contributed by atoms with Crippen molar-refractivity contribution < 1.29 is 4.52 Å². The number of nitrogens with two attached hydrogens (primary N) is 1. The van der Waals surface area contributed by atoms with Crippen LogP contribution in [0, 0.1) is 0 Å². The summed E-state index contributed by atoms with van der Waals surface area (Å²) in [5.74, 6) is 0. The molecule has 3 nitrogen and oxygen atoms in total. The average Bonchev–Trinajstić information content (AvgIpc) is 2.52. The molecule has 1 heterocycles. The second-order valence-corrected chi connectivity index (χ2v) is 2.81. The van der Waals surface area contributed by atoms with Crippen LogP contribution in [0.2, 0.25) is 0 Å². The van der Waals surface area contributed by atoms with E-state index in [1.165, 1.54) is 0 Å². The first-order valence-corrected chi connectivity index (χ1v) is 4.22. The summed E-state index contributed by atoms with van der Waals surface area (Å²) in [5, 5.41) is 3.78. The van der Waals surface area contributed by atoms with Crippen LogP contribution in [0.25, 0.3) is 6.08 Å². The Bertz CT molecular complexity index is 323. The first-order valence-electron chi connectivity index (χ1n) is 4.22. The van der Waals surface area contributed by atoms with Crippen molar-refractivity contribution in [3.8, 4) is 0 Å². The summed E-state index contributed by atoms with van der Waals surface area (Å²) in [4.78, 5) is 0. The van der Waals surface area contributed by atoms with Gasteiger partial charge in [0, 0.05) is 12.1 Å². The summed E-state index contributed by atoms with van der Waals surface area (Å²) in [6.45, 7) is 4.41. The molecule has 0 aliphatic carbocycles. The fourth-order valence-electron chi connectivity index (χ4n) is 1.10. The molecule has 0 aliphatic rings. The fourth-order valence-corrected chi connectivity index (χ4v) is 1.10. The molecular weight excluding hydrogens is 164 g/mol. The lowest BCUT2D eigenvalue weighted by molar-refractivity contribution is 0.412. The van der Waals surface area contributed by atoms with Gasteiger partial charge in [-0.05, 0) is 19.9 Å². The van der Waals surface area contributed by atoms with Crippen molar-refractivity contribution in [3.63, 3.8) is 0 Å². The molecule has 1 aromatic heterocycles. The standard InChI is InChI=1S/C10H14N2O/c1-3-4-8(2)5-9-7-13-12-10(9)6-11/h3-5,7H,6,11H2,1-2H3/b4-3-,8-5-. The first kappa shape index (κ1) is 9.74. The van der Waals surface area contributed by atoms with Gasteiger partial charge >= 0.3 is 0 Å². The Balaban J connectivity index is 2.89. The first-order chi connectivity index (χ1) is 6.27. The lowest BCUT2D eigenvalue weighted by atomic mass is 10.1. The summed E-state index contributed by atoms with van der Waals surface area (Å²) >= 11 is 0. The van der Waals surface area contributed by atoms with E-state index >= 15 is 0 Å². The van der Waals surface area contributed by atoms with E-state index in [0.717, 1.165) is 16.8 Å². The molecule has 0 unspecified atom stereocenters. The van der Waals surface area contributed by atoms with Crippen LogP contribution in [0.5, 0.6) is 0 Å². The van der Waals surface area contributed by atoms with Crippen LogP contribution in [0.15, 0.2) is 28.5 Å². The van der Waals surface area contributed by atoms with Crippen molar-refractivity contribution in [2.24, 2.45) is 5.73 Å². The van der Waals surface area contributed by atoms with E-state index in [1.807, 2.05) is 32.1 Å². The molecule has 1 rings (SSSR count). The zero-order chi connectivity index (χ0) is 9.68. The molecule has 0 saturated carbocycles. The van der Waals surface area contributed by atoms with Crippen LogP contribution in [0.3, 0.4) is 0 Å². The second kappa shape index (κ2) is 4.62. The van der Waals surface area contributed by atoms with E-state index in [2.05, 4.69) is 5.16 Å². The molecule has 70 valence electrons. The predicted octanol–water partition coefficient (Wildman–Crippen LogP) is 2.11. The highest BCUT2D eigenvalue weighted by molar-refractivity contribution is 5.55. The Labute approximate surface area is 77.9 Å². The van der Waals surface area contributed by atoms with Crippen molar-refractivity contribution in [1.29, 1.82) is 0 Å². The van der Waals surface area contributed by atoms with Crippen molar-refractivity contribution in [3.05, 3.63) is 35.2 Å². The number of nitrogens with zero attached hydrogens (tertiary/aromatic N) is 1. The van der Waals surface area contributed by atoms with E-state index in [9.17, 15) is 0 Å². The number of allylic oxidation sites excluding steroid dienone is 3. The third kappa shape index (κ3) is 2.56. The van der Waals surface area contributed by atoms with Crippen molar-refractivity contribution in [2.45, 2.75) is 20.4 Å². The molecule has 0 bridgehead atoms. The monoisotopic (exact) mass is 178 g/mol. The van der Waals surface area contributed by atoms with Gasteiger partial charge in [-0.1, -0.05) is 22.9 Å². The highest BCUT2D eigenvalue weighted by Crippen LogP contribution is 2.11. The smallest absolute Gasteiger partial charge is 0.131 e. The van der Waals surface area contributed by atoms with Crippen LogP contribution in [-0.2, 0) is 6.54 Å². The van der Waals surface area contributed by atoms with Crippen LogP contribution in [0.4, 0.5) is 0 Å². The summed E-state index contributed by atoms with van der Waals surface area (Å²) in [6, 6.07) is 0. The molecule has 0 radical (unpaired) electrons. The maximum Gasteiger partial charge on any atom is 0.131 e.